The summed E-state index contributed by atoms with van der Waals surface area (Å²) in [5.41, 5.74) is 3.41. The van der Waals surface area contributed by atoms with Gasteiger partial charge in [-0.15, -0.1) is 0 Å². The summed E-state index contributed by atoms with van der Waals surface area (Å²) in [5, 5.41) is 6.26. The van der Waals surface area contributed by atoms with Crippen molar-refractivity contribution < 1.29 is 9.59 Å². The zero-order valence-corrected chi connectivity index (χ0v) is 21.8. The lowest BCUT2D eigenvalue weighted by molar-refractivity contribution is -0.128. The minimum absolute atomic E-state index is 0.00920. The molecule has 196 valence electrons. The van der Waals surface area contributed by atoms with Crippen LogP contribution in [0.5, 0.6) is 0 Å². The van der Waals surface area contributed by atoms with Gasteiger partial charge in [0, 0.05) is 57.1 Å². The molecule has 2 fully saturated rings. The summed E-state index contributed by atoms with van der Waals surface area (Å²) < 4.78 is 0. The molecule has 2 atom stereocenters. The molecule has 3 aliphatic rings. The first kappa shape index (κ1) is 25.2. The zero-order chi connectivity index (χ0) is 25.9. The van der Waals surface area contributed by atoms with E-state index in [1.807, 2.05) is 11.8 Å². The van der Waals surface area contributed by atoms with Crippen molar-refractivity contribution in [3.63, 3.8) is 0 Å². The van der Waals surface area contributed by atoms with Crippen LogP contribution in [0.1, 0.15) is 61.9 Å². The van der Waals surface area contributed by atoms with Gasteiger partial charge in [-0.2, -0.15) is 4.98 Å². The van der Waals surface area contributed by atoms with Crippen LogP contribution in [0.4, 0.5) is 16.6 Å². The number of fused-ring (bicyclic) bond motifs is 1. The normalized spacial score (nSPS) is 19.6. The van der Waals surface area contributed by atoms with Crippen molar-refractivity contribution in [2.75, 3.05) is 42.9 Å². The highest BCUT2D eigenvalue weighted by Crippen LogP contribution is 2.40. The van der Waals surface area contributed by atoms with E-state index in [9.17, 15) is 9.59 Å². The van der Waals surface area contributed by atoms with E-state index in [1.54, 1.807) is 11.1 Å². The smallest absolute Gasteiger partial charge is 0.323 e. The van der Waals surface area contributed by atoms with E-state index in [4.69, 9.17) is 0 Å². The number of aromatic nitrogens is 2. The molecule has 37 heavy (non-hydrogen) atoms. The minimum atomic E-state index is -0.127. The lowest BCUT2D eigenvalue weighted by atomic mass is 9.96. The van der Waals surface area contributed by atoms with Gasteiger partial charge in [-0.25, -0.2) is 9.78 Å². The van der Waals surface area contributed by atoms with Gasteiger partial charge in [0.15, 0.2) is 0 Å². The topological polar surface area (TPSA) is 93.7 Å². The molecule has 3 amide bonds. The van der Waals surface area contributed by atoms with Crippen molar-refractivity contribution in [1.29, 1.82) is 0 Å². The van der Waals surface area contributed by atoms with Crippen LogP contribution < -0.4 is 15.5 Å². The van der Waals surface area contributed by atoms with Crippen LogP contribution in [0.2, 0.25) is 0 Å². The number of carbonyl (C=O) groups is 2. The van der Waals surface area contributed by atoms with Gasteiger partial charge in [0.1, 0.15) is 5.82 Å². The summed E-state index contributed by atoms with van der Waals surface area (Å²) in [6.45, 7) is 11.9. The van der Waals surface area contributed by atoms with Gasteiger partial charge >= 0.3 is 6.03 Å². The molecule has 3 heterocycles. The van der Waals surface area contributed by atoms with E-state index in [1.165, 1.54) is 30.9 Å². The number of rotatable bonds is 9. The van der Waals surface area contributed by atoms with Crippen LogP contribution >= 0.6 is 0 Å². The van der Waals surface area contributed by atoms with Crippen molar-refractivity contribution in [1.82, 2.24) is 25.1 Å². The Kier molecular flexibility index (Phi) is 7.41. The summed E-state index contributed by atoms with van der Waals surface area (Å²) in [6, 6.07) is 9.13. The summed E-state index contributed by atoms with van der Waals surface area (Å²) in [7, 11) is 0. The molecular formula is C28H37N7O2. The first-order valence-electron chi connectivity index (χ1n) is 13.4. The number of nitrogens with one attached hydrogen (secondary N) is 2. The van der Waals surface area contributed by atoms with Gasteiger partial charge in [-0.3, -0.25) is 14.6 Å². The second-order valence-corrected chi connectivity index (χ2v) is 10.2. The van der Waals surface area contributed by atoms with E-state index < -0.39 is 0 Å². The van der Waals surface area contributed by atoms with Crippen LogP contribution in [-0.4, -0.2) is 64.4 Å². The number of carbonyl (C=O) groups excluding carboxylic acids is 2. The molecule has 1 aromatic carbocycles. The second kappa shape index (κ2) is 10.9. The van der Waals surface area contributed by atoms with Crippen LogP contribution in [0.3, 0.4) is 0 Å². The number of amides is 3. The molecule has 1 unspecified atom stereocenters. The average Bonchev–Trinajstić information content (AvgIpc) is 3.76. The first-order chi connectivity index (χ1) is 18.0. The van der Waals surface area contributed by atoms with Crippen molar-refractivity contribution >= 4 is 23.7 Å². The van der Waals surface area contributed by atoms with E-state index in [2.05, 4.69) is 63.3 Å². The SMILES string of the molecule is C=CC(=O)N1CCN(C(CC2CC2)c2ccc([C@H](C)Nc3ncc4c(n3)N(CC)C(=O)NC4)cc2)CC1. The van der Waals surface area contributed by atoms with Crippen molar-refractivity contribution in [3.8, 4) is 0 Å². The Balaban J connectivity index is 1.26. The maximum Gasteiger partial charge on any atom is 0.323 e. The lowest BCUT2D eigenvalue weighted by Crippen LogP contribution is -2.49. The van der Waals surface area contributed by atoms with E-state index >= 15 is 0 Å². The maximum atomic E-state index is 12.2. The summed E-state index contributed by atoms with van der Waals surface area (Å²) >= 11 is 0. The molecule has 2 aromatic rings. The first-order valence-corrected chi connectivity index (χ1v) is 13.4. The highest BCUT2D eigenvalue weighted by molar-refractivity contribution is 5.93. The molecule has 1 aliphatic carbocycles. The van der Waals surface area contributed by atoms with Crippen molar-refractivity contribution in [3.05, 3.63) is 59.8 Å². The monoisotopic (exact) mass is 503 g/mol. The highest BCUT2D eigenvalue weighted by atomic mass is 16.2. The Labute approximate surface area is 218 Å². The zero-order valence-electron chi connectivity index (χ0n) is 21.8. The predicted octanol–water partition coefficient (Wildman–Crippen LogP) is 3.87. The predicted molar refractivity (Wildman–Crippen MR) is 144 cm³/mol. The number of hydrogen-bond acceptors (Lipinski definition) is 6. The Morgan fingerprint density at radius 3 is 2.54 bits per heavy atom. The minimum Gasteiger partial charge on any atom is -0.348 e. The number of urea groups is 1. The van der Waals surface area contributed by atoms with Gasteiger partial charge in [0.25, 0.3) is 0 Å². The highest BCUT2D eigenvalue weighted by Gasteiger charge is 2.32. The molecule has 0 radical (unpaired) electrons. The second-order valence-electron chi connectivity index (χ2n) is 10.2. The van der Waals surface area contributed by atoms with Crippen LogP contribution in [0, 0.1) is 5.92 Å². The number of anilines is 2. The van der Waals surface area contributed by atoms with E-state index in [0.717, 1.165) is 43.2 Å². The fourth-order valence-corrected chi connectivity index (χ4v) is 5.31. The number of hydrogen-bond donors (Lipinski definition) is 2. The lowest BCUT2D eigenvalue weighted by Gasteiger charge is -2.39. The van der Waals surface area contributed by atoms with Gasteiger partial charge in [-0.1, -0.05) is 43.7 Å². The Hall–Kier alpha value is -3.46. The third kappa shape index (κ3) is 5.61. The van der Waals surface area contributed by atoms with E-state index in [-0.39, 0.29) is 18.0 Å². The summed E-state index contributed by atoms with van der Waals surface area (Å²) in [5.74, 6) is 2.02. The van der Waals surface area contributed by atoms with Gasteiger partial charge in [0.2, 0.25) is 11.9 Å². The summed E-state index contributed by atoms with van der Waals surface area (Å²) in [4.78, 5) is 39.4. The molecule has 5 rings (SSSR count). The van der Waals surface area contributed by atoms with E-state index in [0.29, 0.717) is 30.9 Å². The standard InChI is InChI=1S/C28H37N7O2/c1-4-25(36)34-14-12-33(13-15-34)24(16-20-6-7-20)22-10-8-21(9-11-22)19(3)31-27-29-17-23-18-30-28(37)35(5-2)26(23)32-27/h4,8-11,17,19-20,24H,1,5-7,12-16,18H2,2-3H3,(H,30,37)(H,29,31,32)/t19-,24?/m0/s1. The summed E-state index contributed by atoms with van der Waals surface area (Å²) in [6.07, 6.45) is 7.02. The fraction of sp³-hybridized carbons (Fsp3) is 0.500. The number of piperazine rings is 1. The number of benzene rings is 1. The molecule has 1 aromatic heterocycles. The number of nitrogens with zero attached hydrogens (tertiary/aromatic N) is 5. The third-order valence-corrected chi connectivity index (χ3v) is 7.75. The maximum absolute atomic E-state index is 12.2. The Bertz CT molecular complexity index is 1140. The van der Waals surface area contributed by atoms with Crippen LogP contribution in [0.15, 0.2) is 43.1 Å². The molecule has 0 bridgehead atoms. The Morgan fingerprint density at radius 1 is 1.19 bits per heavy atom. The molecule has 1 saturated heterocycles. The molecule has 2 N–H and O–H groups in total. The average molecular weight is 504 g/mol. The van der Waals surface area contributed by atoms with Crippen LogP contribution in [0.25, 0.3) is 0 Å². The van der Waals surface area contributed by atoms with Crippen LogP contribution in [-0.2, 0) is 11.3 Å². The molecule has 2 aliphatic heterocycles. The van der Waals surface area contributed by atoms with Crippen molar-refractivity contribution in [2.45, 2.75) is 51.7 Å². The molecule has 0 spiro atoms. The molecular weight excluding hydrogens is 466 g/mol. The van der Waals surface area contributed by atoms with Gasteiger partial charge in [-0.05, 0) is 43.4 Å². The largest absolute Gasteiger partial charge is 0.348 e. The van der Waals surface area contributed by atoms with Crippen molar-refractivity contribution in [2.24, 2.45) is 5.92 Å². The Morgan fingerprint density at radius 2 is 1.89 bits per heavy atom. The molecule has 9 nitrogen and oxygen atoms in total. The fourth-order valence-electron chi connectivity index (χ4n) is 5.31. The van der Waals surface area contributed by atoms with Gasteiger partial charge < -0.3 is 15.5 Å². The molecule has 1 saturated carbocycles. The molecule has 9 heteroatoms. The van der Waals surface area contributed by atoms with Gasteiger partial charge in [0.05, 0.1) is 6.04 Å². The quantitative estimate of drug-likeness (QED) is 0.505. The third-order valence-electron chi connectivity index (χ3n) is 7.75.